The number of nitrogen functional groups attached to an aromatic ring is 1. The average Bonchev–Trinajstić information content (AvgIpc) is 2.45. The van der Waals surface area contributed by atoms with Crippen LogP contribution >= 0.6 is 11.3 Å². The smallest absolute Gasteiger partial charge is 0.348 e. The van der Waals surface area contributed by atoms with E-state index in [1.165, 1.54) is 0 Å². The summed E-state index contributed by atoms with van der Waals surface area (Å²) in [4.78, 5) is 23.2. The normalized spacial score (nSPS) is 15.3. The minimum Gasteiger partial charge on any atom is -0.477 e. The van der Waals surface area contributed by atoms with E-state index in [0.29, 0.717) is 12.0 Å². The van der Waals surface area contributed by atoms with Crippen molar-refractivity contribution in [2.24, 2.45) is 0 Å². The van der Waals surface area contributed by atoms with Crippen LogP contribution in [0.4, 0.5) is 5.69 Å². The average molecular weight is 211 g/mol. The molecule has 0 bridgehead atoms. The molecule has 0 amide bonds. The fourth-order valence-electron chi connectivity index (χ4n) is 1.67. The van der Waals surface area contributed by atoms with Crippen LogP contribution in [0.1, 0.15) is 37.7 Å². The van der Waals surface area contributed by atoms with Gasteiger partial charge in [-0.15, -0.1) is 11.3 Å². The third kappa shape index (κ3) is 1.21. The number of carboxylic acid groups (broad SMARTS) is 1. The van der Waals surface area contributed by atoms with Gasteiger partial charge >= 0.3 is 5.97 Å². The lowest BCUT2D eigenvalue weighted by molar-refractivity contribution is 0.0703. The fraction of sp³-hybridized carbons (Fsp3) is 0.333. The molecular weight excluding hydrogens is 202 g/mol. The zero-order valence-corrected chi connectivity index (χ0v) is 8.19. The summed E-state index contributed by atoms with van der Waals surface area (Å²) in [6, 6.07) is 0. The van der Waals surface area contributed by atoms with Crippen molar-refractivity contribution in [1.82, 2.24) is 0 Å². The number of Topliss-reactive ketones (excluding diaryl/α,β-unsaturated/α-hetero) is 1. The molecule has 4 nitrogen and oxygen atoms in total. The Bertz CT molecular complexity index is 422. The van der Waals surface area contributed by atoms with Crippen molar-refractivity contribution in [3.8, 4) is 0 Å². The topological polar surface area (TPSA) is 80.4 Å². The summed E-state index contributed by atoms with van der Waals surface area (Å²) < 4.78 is 0. The molecule has 1 aromatic heterocycles. The van der Waals surface area contributed by atoms with E-state index in [1.807, 2.05) is 0 Å². The molecular formula is C9H9NO3S. The van der Waals surface area contributed by atoms with Gasteiger partial charge in [-0.3, -0.25) is 4.79 Å². The summed E-state index contributed by atoms with van der Waals surface area (Å²) >= 11 is 1.13. The van der Waals surface area contributed by atoms with E-state index in [0.717, 1.165) is 29.1 Å². The van der Waals surface area contributed by atoms with Gasteiger partial charge in [0.1, 0.15) is 4.88 Å². The van der Waals surface area contributed by atoms with Crippen molar-refractivity contribution in [3.05, 3.63) is 15.3 Å². The van der Waals surface area contributed by atoms with E-state index >= 15 is 0 Å². The lowest BCUT2D eigenvalue weighted by Gasteiger charge is -2.09. The van der Waals surface area contributed by atoms with Gasteiger partial charge in [0.15, 0.2) is 5.78 Å². The van der Waals surface area contributed by atoms with Crippen LogP contribution in [0.15, 0.2) is 0 Å². The molecule has 5 heteroatoms. The molecule has 3 N–H and O–H groups in total. The highest BCUT2D eigenvalue weighted by atomic mass is 32.1. The van der Waals surface area contributed by atoms with Gasteiger partial charge in [-0.05, 0) is 12.8 Å². The fourth-order valence-corrected chi connectivity index (χ4v) is 2.79. The van der Waals surface area contributed by atoms with Gasteiger partial charge in [-0.2, -0.15) is 0 Å². The Labute approximate surface area is 84.3 Å². The van der Waals surface area contributed by atoms with E-state index in [4.69, 9.17) is 10.8 Å². The van der Waals surface area contributed by atoms with E-state index in [2.05, 4.69) is 0 Å². The maximum atomic E-state index is 11.5. The zero-order valence-electron chi connectivity index (χ0n) is 7.37. The first-order chi connectivity index (χ1) is 6.61. The summed E-state index contributed by atoms with van der Waals surface area (Å²) in [5.41, 5.74) is 6.24. The molecule has 14 heavy (non-hydrogen) atoms. The zero-order chi connectivity index (χ0) is 10.3. The first kappa shape index (κ1) is 9.21. The molecule has 0 aromatic carbocycles. The second kappa shape index (κ2) is 3.09. The lowest BCUT2D eigenvalue weighted by atomic mass is 9.96. The van der Waals surface area contributed by atoms with Crippen molar-refractivity contribution in [2.75, 3.05) is 5.73 Å². The van der Waals surface area contributed by atoms with Crippen LogP contribution < -0.4 is 5.73 Å². The van der Waals surface area contributed by atoms with Crippen LogP contribution in [0.2, 0.25) is 0 Å². The van der Waals surface area contributed by atoms with Gasteiger partial charge < -0.3 is 10.8 Å². The van der Waals surface area contributed by atoms with Crippen LogP contribution in [0.25, 0.3) is 0 Å². The summed E-state index contributed by atoms with van der Waals surface area (Å²) in [7, 11) is 0. The first-order valence-corrected chi connectivity index (χ1v) is 5.10. The monoisotopic (exact) mass is 211 g/mol. The molecule has 0 atom stereocenters. The van der Waals surface area contributed by atoms with Crippen LogP contribution in [0.3, 0.4) is 0 Å². The molecule has 2 rings (SSSR count). The van der Waals surface area contributed by atoms with Crippen molar-refractivity contribution < 1.29 is 14.7 Å². The molecule has 0 fully saturated rings. The number of hydrogen-bond acceptors (Lipinski definition) is 4. The van der Waals surface area contributed by atoms with E-state index in [-0.39, 0.29) is 16.3 Å². The summed E-state index contributed by atoms with van der Waals surface area (Å²) in [6.07, 6.45) is 2.04. The third-order valence-corrected chi connectivity index (χ3v) is 3.55. The minimum atomic E-state index is -1.05. The number of ketones is 1. The Hall–Kier alpha value is -1.36. The number of hydrogen-bond donors (Lipinski definition) is 2. The number of fused-ring (bicyclic) bond motifs is 1. The van der Waals surface area contributed by atoms with Gasteiger partial charge in [0, 0.05) is 11.3 Å². The van der Waals surface area contributed by atoms with Crippen molar-refractivity contribution >= 4 is 28.8 Å². The Balaban J connectivity index is 2.60. The number of thiophene rings is 1. The molecule has 1 heterocycles. The highest BCUT2D eigenvalue weighted by Crippen LogP contribution is 2.36. The Morgan fingerprint density at radius 1 is 1.43 bits per heavy atom. The second-order valence-electron chi connectivity index (χ2n) is 3.22. The van der Waals surface area contributed by atoms with Gasteiger partial charge in [0.25, 0.3) is 0 Å². The number of rotatable bonds is 1. The third-order valence-electron chi connectivity index (χ3n) is 2.30. The molecule has 0 saturated carbocycles. The second-order valence-corrected chi connectivity index (χ2v) is 4.33. The van der Waals surface area contributed by atoms with E-state index in [9.17, 15) is 9.59 Å². The quantitative estimate of drug-likeness (QED) is 0.738. The Morgan fingerprint density at radius 3 is 2.71 bits per heavy atom. The van der Waals surface area contributed by atoms with Gasteiger partial charge in [0.05, 0.1) is 11.3 Å². The Morgan fingerprint density at radius 2 is 2.14 bits per heavy atom. The van der Waals surface area contributed by atoms with E-state index < -0.39 is 5.97 Å². The van der Waals surface area contributed by atoms with Crippen LogP contribution in [0.5, 0.6) is 0 Å². The Kier molecular flexibility index (Phi) is 2.03. The number of anilines is 1. The number of aromatic carboxylic acids is 1. The molecule has 0 spiro atoms. The first-order valence-electron chi connectivity index (χ1n) is 4.29. The number of carbonyl (C=O) groups excluding carboxylic acids is 1. The van der Waals surface area contributed by atoms with Crippen molar-refractivity contribution in [2.45, 2.75) is 19.3 Å². The largest absolute Gasteiger partial charge is 0.477 e. The van der Waals surface area contributed by atoms with Crippen molar-refractivity contribution in [1.29, 1.82) is 0 Å². The highest BCUT2D eigenvalue weighted by Gasteiger charge is 2.27. The molecule has 0 radical (unpaired) electrons. The molecule has 1 aliphatic rings. The number of aryl methyl sites for hydroxylation is 1. The maximum absolute atomic E-state index is 11.5. The van der Waals surface area contributed by atoms with Gasteiger partial charge in [0.2, 0.25) is 0 Å². The minimum absolute atomic E-state index is 0.0208. The van der Waals surface area contributed by atoms with Crippen LogP contribution in [-0.4, -0.2) is 16.9 Å². The molecule has 0 saturated heterocycles. The van der Waals surface area contributed by atoms with Crippen molar-refractivity contribution in [3.63, 3.8) is 0 Å². The summed E-state index contributed by atoms with van der Waals surface area (Å²) in [6.45, 7) is 0. The molecule has 0 aliphatic heterocycles. The SMILES string of the molecule is Nc1c(C(=O)O)sc2c1C(=O)CCC2. The van der Waals surface area contributed by atoms with Gasteiger partial charge in [-0.1, -0.05) is 0 Å². The molecule has 1 aromatic rings. The molecule has 74 valence electrons. The summed E-state index contributed by atoms with van der Waals surface area (Å²) in [5.74, 6) is -1.07. The van der Waals surface area contributed by atoms with E-state index in [1.54, 1.807) is 0 Å². The molecule has 1 aliphatic carbocycles. The van der Waals surface area contributed by atoms with Crippen LogP contribution in [-0.2, 0) is 6.42 Å². The van der Waals surface area contributed by atoms with Crippen LogP contribution in [0, 0.1) is 0 Å². The molecule has 0 unspecified atom stereocenters. The predicted octanol–water partition coefficient (Wildman–Crippen LogP) is 1.55. The standard InChI is InChI=1S/C9H9NO3S/c10-7-6-4(11)2-1-3-5(6)14-8(7)9(12)13/h1-3,10H2,(H,12,13). The number of carboxylic acids is 1. The maximum Gasteiger partial charge on any atom is 0.348 e. The lowest BCUT2D eigenvalue weighted by Crippen LogP contribution is -2.10. The number of nitrogens with two attached hydrogens (primary N) is 1. The van der Waals surface area contributed by atoms with Gasteiger partial charge in [-0.25, -0.2) is 4.79 Å². The predicted molar refractivity (Wildman–Crippen MR) is 53.0 cm³/mol. The highest BCUT2D eigenvalue weighted by molar-refractivity contribution is 7.15. The summed E-state index contributed by atoms with van der Waals surface area (Å²) in [5, 5.41) is 8.82. The number of carbonyl (C=O) groups is 2.